The van der Waals surface area contributed by atoms with Crippen LogP contribution in [0.15, 0.2) is 0 Å². The fourth-order valence-corrected chi connectivity index (χ4v) is 2.38. The molecule has 0 aromatic heterocycles. The molecule has 3 heteroatoms. The first-order chi connectivity index (χ1) is 7.48. The van der Waals surface area contributed by atoms with E-state index in [1.165, 1.54) is 6.42 Å². The summed E-state index contributed by atoms with van der Waals surface area (Å²) in [5, 5.41) is 12.6. The molecule has 1 rings (SSSR count). The quantitative estimate of drug-likeness (QED) is 0.765. The highest BCUT2D eigenvalue weighted by molar-refractivity contribution is 4.87. The van der Waals surface area contributed by atoms with Crippen molar-refractivity contribution in [3.8, 4) is 0 Å². The van der Waals surface area contributed by atoms with Gasteiger partial charge in [0.2, 0.25) is 0 Å². The molecule has 1 aliphatic heterocycles. The maximum absolute atomic E-state index is 9.06. The highest BCUT2D eigenvalue weighted by Gasteiger charge is 2.30. The number of nitrogens with one attached hydrogen (secondary N) is 1. The molecule has 1 fully saturated rings. The maximum atomic E-state index is 9.06. The standard InChI is InChI=1S/C13H28N2O/c1-5-11(2)15-8-12(6-7-16)14-9-13(3,4)10-15/h11-12,14,16H,5-10H2,1-4H3. The number of rotatable bonds is 4. The fourth-order valence-electron chi connectivity index (χ4n) is 2.38. The zero-order valence-electron chi connectivity index (χ0n) is 11.3. The Hall–Kier alpha value is -0.120. The molecule has 2 atom stereocenters. The Kier molecular flexibility index (Phi) is 5.22. The maximum Gasteiger partial charge on any atom is 0.0446 e. The second-order valence-electron chi connectivity index (χ2n) is 5.94. The molecule has 1 aliphatic rings. The SMILES string of the molecule is CCC(C)N1CC(CCO)NCC(C)(C)C1. The molecule has 0 bridgehead atoms. The molecule has 2 unspecified atom stereocenters. The Labute approximate surface area is 100 Å². The molecule has 0 amide bonds. The zero-order chi connectivity index (χ0) is 12.2. The minimum absolute atomic E-state index is 0.284. The summed E-state index contributed by atoms with van der Waals surface area (Å²) in [4.78, 5) is 2.57. The van der Waals surface area contributed by atoms with E-state index in [-0.39, 0.29) is 6.61 Å². The predicted molar refractivity (Wildman–Crippen MR) is 68.6 cm³/mol. The third-order valence-corrected chi connectivity index (χ3v) is 3.65. The van der Waals surface area contributed by atoms with Crippen LogP contribution < -0.4 is 5.32 Å². The van der Waals surface area contributed by atoms with E-state index in [1.807, 2.05) is 0 Å². The Bertz CT molecular complexity index is 206. The van der Waals surface area contributed by atoms with Gasteiger partial charge in [0.05, 0.1) is 0 Å². The highest BCUT2D eigenvalue weighted by atomic mass is 16.3. The van der Waals surface area contributed by atoms with E-state index in [4.69, 9.17) is 5.11 Å². The second-order valence-corrected chi connectivity index (χ2v) is 5.94. The number of aliphatic hydroxyl groups excluding tert-OH is 1. The molecule has 0 aliphatic carbocycles. The van der Waals surface area contributed by atoms with Crippen molar-refractivity contribution in [2.24, 2.45) is 5.41 Å². The molecule has 1 heterocycles. The summed E-state index contributed by atoms with van der Waals surface area (Å²) in [6, 6.07) is 1.08. The van der Waals surface area contributed by atoms with Crippen molar-refractivity contribution in [3.63, 3.8) is 0 Å². The van der Waals surface area contributed by atoms with Crippen LogP contribution in [0.3, 0.4) is 0 Å². The predicted octanol–water partition coefficient (Wildman–Crippen LogP) is 1.47. The van der Waals surface area contributed by atoms with Gasteiger partial charge in [0.25, 0.3) is 0 Å². The van der Waals surface area contributed by atoms with Crippen LogP contribution >= 0.6 is 0 Å². The Morgan fingerprint density at radius 2 is 2.19 bits per heavy atom. The molecule has 16 heavy (non-hydrogen) atoms. The normalized spacial score (nSPS) is 28.7. The van der Waals surface area contributed by atoms with Crippen LogP contribution in [0.25, 0.3) is 0 Å². The van der Waals surface area contributed by atoms with Crippen LogP contribution in [0, 0.1) is 5.41 Å². The van der Waals surface area contributed by atoms with Crippen molar-refractivity contribution < 1.29 is 5.11 Å². The number of hydrogen-bond donors (Lipinski definition) is 2. The van der Waals surface area contributed by atoms with Gasteiger partial charge >= 0.3 is 0 Å². The van der Waals surface area contributed by atoms with Gasteiger partial charge in [-0.15, -0.1) is 0 Å². The molecule has 96 valence electrons. The number of nitrogens with zero attached hydrogens (tertiary/aromatic N) is 1. The summed E-state index contributed by atoms with van der Waals surface area (Å²) in [5.74, 6) is 0. The van der Waals surface area contributed by atoms with Gasteiger partial charge in [0.15, 0.2) is 0 Å². The Balaban J connectivity index is 2.65. The van der Waals surface area contributed by atoms with E-state index in [0.717, 1.165) is 26.1 Å². The lowest BCUT2D eigenvalue weighted by molar-refractivity contribution is 0.147. The van der Waals surface area contributed by atoms with Gasteiger partial charge in [-0.2, -0.15) is 0 Å². The fraction of sp³-hybridized carbons (Fsp3) is 1.00. The Morgan fingerprint density at radius 1 is 1.50 bits per heavy atom. The van der Waals surface area contributed by atoms with Crippen molar-refractivity contribution >= 4 is 0 Å². The zero-order valence-corrected chi connectivity index (χ0v) is 11.3. The van der Waals surface area contributed by atoms with Crippen LogP contribution in [0.1, 0.15) is 40.5 Å². The van der Waals surface area contributed by atoms with E-state index in [9.17, 15) is 0 Å². The van der Waals surface area contributed by atoms with Crippen LogP contribution in [0.5, 0.6) is 0 Å². The van der Waals surface area contributed by atoms with Gasteiger partial charge in [0.1, 0.15) is 0 Å². The first-order valence-corrected chi connectivity index (χ1v) is 6.57. The van der Waals surface area contributed by atoms with Gasteiger partial charge < -0.3 is 10.4 Å². The van der Waals surface area contributed by atoms with Gasteiger partial charge in [0, 0.05) is 38.3 Å². The van der Waals surface area contributed by atoms with Crippen molar-refractivity contribution in [2.75, 3.05) is 26.2 Å². The summed E-state index contributed by atoms with van der Waals surface area (Å²) < 4.78 is 0. The van der Waals surface area contributed by atoms with Gasteiger partial charge in [-0.3, -0.25) is 4.90 Å². The minimum atomic E-state index is 0.284. The van der Waals surface area contributed by atoms with E-state index in [1.54, 1.807) is 0 Å². The third-order valence-electron chi connectivity index (χ3n) is 3.65. The van der Waals surface area contributed by atoms with Crippen molar-refractivity contribution in [1.82, 2.24) is 10.2 Å². The molecule has 0 radical (unpaired) electrons. The van der Waals surface area contributed by atoms with Crippen molar-refractivity contribution in [2.45, 2.75) is 52.6 Å². The van der Waals surface area contributed by atoms with Crippen molar-refractivity contribution in [1.29, 1.82) is 0 Å². The van der Waals surface area contributed by atoms with E-state index < -0.39 is 0 Å². The van der Waals surface area contributed by atoms with E-state index in [2.05, 4.69) is 37.9 Å². The highest BCUT2D eigenvalue weighted by Crippen LogP contribution is 2.22. The van der Waals surface area contributed by atoms with Crippen LogP contribution in [-0.4, -0.2) is 48.3 Å². The summed E-state index contributed by atoms with van der Waals surface area (Å²) in [7, 11) is 0. The molecule has 0 saturated carbocycles. The summed E-state index contributed by atoms with van der Waals surface area (Å²) in [6.07, 6.45) is 2.06. The molecule has 0 spiro atoms. The average molecular weight is 228 g/mol. The molecular weight excluding hydrogens is 200 g/mol. The first kappa shape index (κ1) is 13.9. The minimum Gasteiger partial charge on any atom is -0.396 e. The summed E-state index contributed by atoms with van der Waals surface area (Å²) >= 11 is 0. The topological polar surface area (TPSA) is 35.5 Å². The lowest BCUT2D eigenvalue weighted by Gasteiger charge is -2.33. The molecule has 3 nitrogen and oxygen atoms in total. The van der Waals surface area contributed by atoms with E-state index >= 15 is 0 Å². The number of hydrogen-bond acceptors (Lipinski definition) is 3. The monoisotopic (exact) mass is 228 g/mol. The smallest absolute Gasteiger partial charge is 0.0446 e. The largest absolute Gasteiger partial charge is 0.396 e. The molecule has 0 aromatic rings. The van der Waals surface area contributed by atoms with Crippen LogP contribution in [0.2, 0.25) is 0 Å². The van der Waals surface area contributed by atoms with Crippen LogP contribution in [-0.2, 0) is 0 Å². The van der Waals surface area contributed by atoms with Gasteiger partial charge in [-0.25, -0.2) is 0 Å². The second kappa shape index (κ2) is 5.99. The molecule has 2 N–H and O–H groups in total. The van der Waals surface area contributed by atoms with Crippen LogP contribution in [0.4, 0.5) is 0 Å². The molecular formula is C13H28N2O. The van der Waals surface area contributed by atoms with E-state index in [0.29, 0.717) is 17.5 Å². The van der Waals surface area contributed by atoms with Gasteiger partial charge in [-0.1, -0.05) is 20.8 Å². The van der Waals surface area contributed by atoms with Crippen molar-refractivity contribution in [3.05, 3.63) is 0 Å². The first-order valence-electron chi connectivity index (χ1n) is 6.57. The Morgan fingerprint density at radius 3 is 2.75 bits per heavy atom. The third kappa shape index (κ3) is 4.04. The lowest BCUT2D eigenvalue weighted by Crippen LogP contribution is -2.42. The molecule has 0 aromatic carbocycles. The van der Waals surface area contributed by atoms with Gasteiger partial charge in [-0.05, 0) is 25.2 Å². The number of aliphatic hydroxyl groups is 1. The average Bonchev–Trinajstić information content (AvgIpc) is 2.37. The summed E-state index contributed by atoms with van der Waals surface area (Å²) in [6.45, 7) is 12.7. The lowest BCUT2D eigenvalue weighted by atomic mass is 9.92. The molecule has 1 saturated heterocycles. The summed E-state index contributed by atoms with van der Waals surface area (Å²) in [5.41, 5.74) is 0.327.